The second-order valence-electron chi connectivity index (χ2n) is 5.34. The smallest absolute Gasteiger partial charge is 0.220 e. The number of methoxy groups -OCH3 is 1. The van der Waals surface area contributed by atoms with Crippen LogP contribution in [0.1, 0.15) is 25.3 Å². The molecule has 0 aliphatic heterocycles. The monoisotopic (exact) mass is 286 g/mol. The van der Waals surface area contributed by atoms with E-state index < -0.39 is 0 Å². The zero-order chi connectivity index (χ0) is 15.2. The maximum atomic E-state index is 11.7. The van der Waals surface area contributed by atoms with Crippen molar-refractivity contribution in [1.82, 2.24) is 5.32 Å². The first-order valence-corrected chi connectivity index (χ1v) is 7.17. The van der Waals surface area contributed by atoms with Crippen molar-refractivity contribution in [3.05, 3.63) is 42.0 Å². The van der Waals surface area contributed by atoms with Crippen molar-refractivity contribution in [2.24, 2.45) is 5.73 Å². The van der Waals surface area contributed by atoms with Crippen LogP contribution in [0.3, 0.4) is 0 Å². The van der Waals surface area contributed by atoms with Gasteiger partial charge in [0, 0.05) is 19.0 Å². The highest BCUT2D eigenvalue weighted by molar-refractivity contribution is 5.84. The molecule has 112 valence electrons. The van der Waals surface area contributed by atoms with Gasteiger partial charge in [-0.15, -0.1) is 0 Å². The fraction of sp³-hybridized carbons (Fsp3) is 0.353. The standard InChI is InChI=1S/C17H22N2O2/c1-12(18)3-8-17(20)19-11-13-4-5-15-10-16(21-2)7-6-14(15)9-13/h4-7,9-10,12H,3,8,11,18H2,1-2H3,(H,19,20). The van der Waals surface area contributed by atoms with Gasteiger partial charge in [-0.2, -0.15) is 0 Å². The lowest BCUT2D eigenvalue weighted by Crippen LogP contribution is -2.25. The Balaban J connectivity index is 1.98. The number of fused-ring (bicyclic) bond motifs is 1. The normalized spacial score (nSPS) is 12.1. The minimum Gasteiger partial charge on any atom is -0.497 e. The molecule has 1 atom stereocenters. The number of hydrogen-bond donors (Lipinski definition) is 2. The molecule has 0 spiro atoms. The van der Waals surface area contributed by atoms with E-state index in [4.69, 9.17) is 10.5 Å². The minimum absolute atomic E-state index is 0.0436. The number of benzene rings is 2. The van der Waals surface area contributed by atoms with Gasteiger partial charge in [0.2, 0.25) is 5.91 Å². The zero-order valence-corrected chi connectivity index (χ0v) is 12.6. The lowest BCUT2D eigenvalue weighted by atomic mass is 10.1. The van der Waals surface area contributed by atoms with Crippen molar-refractivity contribution in [1.29, 1.82) is 0 Å². The van der Waals surface area contributed by atoms with E-state index in [1.54, 1.807) is 7.11 Å². The predicted molar refractivity (Wildman–Crippen MR) is 85.2 cm³/mol. The topological polar surface area (TPSA) is 64.3 Å². The number of carbonyl (C=O) groups excluding carboxylic acids is 1. The third kappa shape index (κ3) is 4.46. The molecule has 0 saturated heterocycles. The molecule has 0 bridgehead atoms. The number of amides is 1. The van der Waals surface area contributed by atoms with Crippen molar-refractivity contribution >= 4 is 16.7 Å². The lowest BCUT2D eigenvalue weighted by molar-refractivity contribution is -0.121. The van der Waals surface area contributed by atoms with Gasteiger partial charge >= 0.3 is 0 Å². The average molecular weight is 286 g/mol. The Morgan fingerprint density at radius 3 is 2.67 bits per heavy atom. The Bertz CT molecular complexity index is 623. The fourth-order valence-corrected chi connectivity index (χ4v) is 2.16. The maximum Gasteiger partial charge on any atom is 0.220 e. The molecule has 4 nitrogen and oxygen atoms in total. The van der Waals surface area contributed by atoms with Crippen molar-refractivity contribution in [2.75, 3.05) is 7.11 Å². The van der Waals surface area contributed by atoms with Gasteiger partial charge in [0.05, 0.1) is 7.11 Å². The van der Waals surface area contributed by atoms with E-state index >= 15 is 0 Å². The van der Waals surface area contributed by atoms with E-state index in [2.05, 4.69) is 11.4 Å². The summed E-state index contributed by atoms with van der Waals surface area (Å²) in [5, 5.41) is 5.19. The van der Waals surface area contributed by atoms with E-state index in [-0.39, 0.29) is 11.9 Å². The van der Waals surface area contributed by atoms with Crippen LogP contribution < -0.4 is 15.8 Å². The molecular weight excluding hydrogens is 264 g/mol. The Labute approximate surface area is 125 Å². The van der Waals surface area contributed by atoms with Crippen LogP contribution in [0.4, 0.5) is 0 Å². The van der Waals surface area contributed by atoms with Gasteiger partial charge < -0.3 is 15.8 Å². The number of carbonyl (C=O) groups is 1. The third-order valence-corrected chi connectivity index (χ3v) is 3.43. The van der Waals surface area contributed by atoms with Gasteiger partial charge in [-0.1, -0.05) is 18.2 Å². The lowest BCUT2D eigenvalue weighted by Gasteiger charge is -2.08. The van der Waals surface area contributed by atoms with Crippen molar-refractivity contribution < 1.29 is 9.53 Å². The summed E-state index contributed by atoms with van der Waals surface area (Å²) in [6.45, 7) is 2.45. The van der Waals surface area contributed by atoms with E-state index in [0.29, 0.717) is 19.4 Å². The summed E-state index contributed by atoms with van der Waals surface area (Å²) >= 11 is 0. The van der Waals surface area contributed by atoms with Gasteiger partial charge in [0.25, 0.3) is 0 Å². The molecule has 2 aromatic carbocycles. The summed E-state index contributed by atoms with van der Waals surface area (Å²) in [6.07, 6.45) is 1.19. The molecule has 1 amide bonds. The summed E-state index contributed by atoms with van der Waals surface area (Å²) in [4.78, 5) is 11.7. The Morgan fingerprint density at radius 2 is 1.95 bits per heavy atom. The summed E-state index contributed by atoms with van der Waals surface area (Å²) in [7, 11) is 1.66. The minimum atomic E-state index is 0.0436. The van der Waals surface area contributed by atoms with Gasteiger partial charge in [0.15, 0.2) is 0 Å². The van der Waals surface area contributed by atoms with Crippen LogP contribution in [0.25, 0.3) is 10.8 Å². The van der Waals surface area contributed by atoms with Crippen LogP contribution >= 0.6 is 0 Å². The van der Waals surface area contributed by atoms with Crippen LogP contribution in [-0.2, 0) is 11.3 Å². The molecule has 0 radical (unpaired) electrons. The van der Waals surface area contributed by atoms with Gasteiger partial charge in [-0.25, -0.2) is 0 Å². The second kappa shape index (κ2) is 7.09. The highest BCUT2D eigenvalue weighted by Gasteiger charge is 2.04. The van der Waals surface area contributed by atoms with E-state index in [9.17, 15) is 4.79 Å². The van der Waals surface area contributed by atoms with Gasteiger partial charge in [0.1, 0.15) is 5.75 Å². The molecule has 2 aromatic rings. The van der Waals surface area contributed by atoms with Gasteiger partial charge in [-0.3, -0.25) is 4.79 Å². The summed E-state index contributed by atoms with van der Waals surface area (Å²) in [6, 6.07) is 12.2. The number of nitrogens with one attached hydrogen (secondary N) is 1. The summed E-state index contributed by atoms with van der Waals surface area (Å²) in [5.74, 6) is 0.890. The van der Waals surface area contributed by atoms with Crippen molar-refractivity contribution in [2.45, 2.75) is 32.4 Å². The second-order valence-corrected chi connectivity index (χ2v) is 5.34. The fourth-order valence-electron chi connectivity index (χ4n) is 2.16. The Hall–Kier alpha value is -2.07. The van der Waals surface area contributed by atoms with Crippen LogP contribution in [0.15, 0.2) is 36.4 Å². The summed E-state index contributed by atoms with van der Waals surface area (Å²) < 4.78 is 5.21. The molecular formula is C17H22N2O2. The molecule has 3 N–H and O–H groups in total. The maximum absolute atomic E-state index is 11.7. The van der Waals surface area contributed by atoms with E-state index in [0.717, 1.165) is 22.1 Å². The zero-order valence-electron chi connectivity index (χ0n) is 12.6. The van der Waals surface area contributed by atoms with E-state index in [1.165, 1.54) is 0 Å². The first-order chi connectivity index (χ1) is 10.1. The van der Waals surface area contributed by atoms with Crippen molar-refractivity contribution in [3.8, 4) is 5.75 Å². The molecule has 0 aromatic heterocycles. The van der Waals surface area contributed by atoms with Crippen LogP contribution in [0.5, 0.6) is 5.75 Å². The Kier molecular flexibility index (Phi) is 5.17. The number of hydrogen-bond acceptors (Lipinski definition) is 3. The number of nitrogens with two attached hydrogens (primary N) is 1. The quantitative estimate of drug-likeness (QED) is 0.858. The summed E-state index contributed by atoms with van der Waals surface area (Å²) in [5.41, 5.74) is 6.73. The largest absolute Gasteiger partial charge is 0.497 e. The number of rotatable bonds is 6. The van der Waals surface area contributed by atoms with Gasteiger partial charge in [-0.05, 0) is 47.9 Å². The average Bonchev–Trinajstić information content (AvgIpc) is 2.50. The molecule has 4 heteroatoms. The predicted octanol–water partition coefficient (Wildman–Crippen LogP) is 2.59. The molecule has 0 heterocycles. The van der Waals surface area contributed by atoms with Crippen molar-refractivity contribution in [3.63, 3.8) is 0 Å². The molecule has 21 heavy (non-hydrogen) atoms. The first-order valence-electron chi connectivity index (χ1n) is 7.17. The molecule has 1 unspecified atom stereocenters. The third-order valence-electron chi connectivity index (χ3n) is 3.43. The first kappa shape index (κ1) is 15.3. The molecule has 2 rings (SSSR count). The highest BCUT2D eigenvalue weighted by Crippen LogP contribution is 2.21. The van der Waals surface area contributed by atoms with Crippen LogP contribution in [-0.4, -0.2) is 19.1 Å². The molecule has 0 aliphatic rings. The SMILES string of the molecule is COc1ccc2cc(CNC(=O)CCC(C)N)ccc2c1. The van der Waals surface area contributed by atoms with E-state index in [1.807, 2.05) is 37.3 Å². The molecule has 0 saturated carbocycles. The van der Waals surface area contributed by atoms with Crippen LogP contribution in [0.2, 0.25) is 0 Å². The highest BCUT2D eigenvalue weighted by atomic mass is 16.5. The Morgan fingerprint density at radius 1 is 1.24 bits per heavy atom. The van der Waals surface area contributed by atoms with Crippen LogP contribution in [0, 0.1) is 0 Å². The molecule has 0 fully saturated rings. The molecule has 0 aliphatic carbocycles. The number of ether oxygens (including phenoxy) is 1.